The fourth-order valence-electron chi connectivity index (χ4n) is 3.25. The second-order valence-electron chi connectivity index (χ2n) is 6.39. The first-order valence-corrected chi connectivity index (χ1v) is 8.39. The van der Waals surface area contributed by atoms with E-state index in [1.807, 2.05) is 24.0 Å². The number of likely N-dealkylation sites (tertiary alicyclic amines) is 1. The van der Waals surface area contributed by atoms with Crippen molar-refractivity contribution in [3.05, 3.63) is 47.4 Å². The van der Waals surface area contributed by atoms with Gasteiger partial charge in [-0.05, 0) is 38.0 Å². The Hall–Kier alpha value is -2.76. The fourth-order valence-corrected chi connectivity index (χ4v) is 3.25. The number of carboxylic acid groups (broad SMARTS) is 1. The number of aromatic nitrogens is 2. The molecule has 0 spiro atoms. The number of aryl methyl sites for hydroxylation is 1. The number of carbonyl (C=O) groups is 2. The Morgan fingerprint density at radius 1 is 1.16 bits per heavy atom. The zero-order chi connectivity index (χ0) is 18.0. The maximum atomic E-state index is 11.5. The smallest absolute Gasteiger partial charge is 0.335 e. The van der Waals surface area contributed by atoms with Gasteiger partial charge in [-0.2, -0.15) is 0 Å². The molecule has 1 aliphatic rings. The van der Waals surface area contributed by atoms with Crippen LogP contribution < -0.4 is 0 Å². The highest BCUT2D eigenvalue weighted by atomic mass is 16.4. The van der Waals surface area contributed by atoms with Gasteiger partial charge in [0.2, 0.25) is 5.91 Å². The van der Waals surface area contributed by atoms with Crippen LogP contribution >= 0.6 is 0 Å². The van der Waals surface area contributed by atoms with E-state index in [-0.39, 0.29) is 11.5 Å². The van der Waals surface area contributed by atoms with Crippen molar-refractivity contribution in [2.45, 2.75) is 32.6 Å². The average Bonchev–Trinajstić information content (AvgIpc) is 2.61. The van der Waals surface area contributed by atoms with Crippen molar-refractivity contribution >= 4 is 11.9 Å². The Bertz CT molecular complexity index is 811. The van der Waals surface area contributed by atoms with E-state index in [0.717, 1.165) is 42.9 Å². The van der Waals surface area contributed by atoms with Crippen molar-refractivity contribution in [1.29, 1.82) is 0 Å². The molecule has 1 aromatic heterocycles. The van der Waals surface area contributed by atoms with Crippen LogP contribution in [-0.2, 0) is 4.79 Å². The van der Waals surface area contributed by atoms with Crippen molar-refractivity contribution in [2.24, 2.45) is 0 Å². The largest absolute Gasteiger partial charge is 0.478 e. The molecule has 1 N–H and O–H groups in total. The zero-order valence-electron chi connectivity index (χ0n) is 14.4. The molecular formula is C19H21N3O3. The van der Waals surface area contributed by atoms with Crippen LogP contribution in [-0.4, -0.2) is 44.9 Å². The van der Waals surface area contributed by atoms with E-state index in [2.05, 4.69) is 9.97 Å². The highest BCUT2D eigenvalue weighted by Gasteiger charge is 2.23. The average molecular weight is 339 g/mol. The molecule has 25 heavy (non-hydrogen) atoms. The third-order valence-electron chi connectivity index (χ3n) is 4.62. The normalized spacial score (nSPS) is 15.2. The third-order valence-corrected chi connectivity index (χ3v) is 4.62. The van der Waals surface area contributed by atoms with Gasteiger partial charge in [0, 0.05) is 37.2 Å². The molecule has 0 bridgehead atoms. The number of amides is 1. The van der Waals surface area contributed by atoms with Crippen LogP contribution in [0, 0.1) is 6.92 Å². The van der Waals surface area contributed by atoms with Crippen molar-refractivity contribution in [3.8, 4) is 11.3 Å². The van der Waals surface area contributed by atoms with E-state index >= 15 is 0 Å². The highest BCUT2D eigenvalue weighted by molar-refractivity contribution is 5.89. The van der Waals surface area contributed by atoms with Crippen LogP contribution in [0.15, 0.2) is 30.3 Å². The van der Waals surface area contributed by atoms with Crippen molar-refractivity contribution < 1.29 is 14.7 Å². The van der Waals surface area contributed by atoms with E-state index in [9.17, 15) is 14.7 Å². The number of hydrogen-bond donors (Lipinski definition) is 1. The minimum Gasteiger partial charge on any atom is -0.478 e. The second-order valence-corrected chi connectivity index (χ2v) is 6.39. The lowest BCUT2D eigenvalue weighted by atomic mass is 9.92. The number of nitrogens with zero attached hydrogens (tertiary/aromatic N) is 3. The number of piperidine rings is 1. The molecule has 1 saturated heterocycles. The molecule has 0 aliphatic carbocycles. The number of hydrogen-bond acceptors (Lipinski definition) is 4. The van der Waals surface area contributed by atoms with Crippen molar-refractivity contribution in [3.63, 3.8) is 0 Å². The summed E-state index contributed by atoms with van der Waals surface area (Å²) in [5, 5.41) is 9.17. The van der Waals surface area contributed by atoms with Gasteiger partial charge in [0.25, 0.3) is 0 Å². The van der Waals surface area contributed by atoms with Crippen LogP contribution in [0.4, 0.5) is 0 Å². The van der Waals surface area contributed by atoms with Gasteiger partial charge in [0.15, 0.2) is 0 Å². The first-order chi connectivity index (χ1) is 11.9. The Kier molecular flexibility index (Phi) is 4.79. The molecule has 2 heterocycles. The summed E-state index contributed by atoms with van der Waals surface area (Å²) in [6, 6.07) is 8.73. The molecule has 6 heteroatoms. The van der Waals surface area contributed by atoms with Crippen molar-refractivity contribution in [2.75, 3.05) is 13.1 Å². The molecule has 0 saturated carbocycles. The van der Waals surface area contributed by atoms with Crippen LogP contribution in [0.25, 0.3) is 11.3 Å². The number of rotatable bonds is 3. The minimum absolute atomic E-state index is 0.114. The summed E-state index contributed by atoms with van der Waals surface area (Å²) in [7, 11) is 0. The molecule has 1 aromatic carbocycles. The molecule has 0 unspecified atom stereocenters. The lowest BCUT2D eigenvalue weighted by molar-refractivity contribution is -0.129. The van der Waals surface area contributed by atoms with Gasteiger partial charge in [0.1, 0.15) is 5.82 Å². The van der Waals surface area contributed by atoms with Crippen LogP contribution in [0.1, 0.15) is 47.6 Å². The molecule has 1 amide bonds. The Labute approximate surface area is 146 Å². The predicted molar refractivity (Wildman–Crippen MR) is 93.4 cm³/mol. The first kappa shape index (κ1) is 17.1. The molecule has 1 fully saturated rings. The van der Waals surface area contributed by atoms with Crippen LogP contribution in [0.5, 0.6) is 0 Å². The zero-order valence-corrected chi connectivity index (χ0v) is 14.4. The van der Waals surface area contributed by atoms with Gasteiger partial charge in [-0.3, -0.25) is 4.79 Å². The summed E-state index contributed by atoms with van der Waals surface area (Å²) < 4.78 is 0. The summed E-state index contributed by atoms with van der Waals surface area (Å²) in [6.07, 6.45) is 1.76. The standard InChI is InChI=1S/C19H21N3O3/c1-12-20-17(14-6-8-22(9-7-14)13(2)23)11-18(21-12)15-4-3-5-16(10-15)19(24)25/h3-5,10-11,14H,6-9H2,1-2H3,(H,24,25). The molecule has 6 nitrogen and oxygen atoms in total. The molecule has 1 aliphatic heterocycles. The van der Waals surface area contributed by atoms with Gasteiger partial charge in [-0.15, -0.1) is 0 Å². The van der Waals surface area contributed by atoms with Gasteiger partial charge in [-0.25, -0.2) is 14.8 Å². The molecule has 2 aromatic rings. The van der Waals surface area contributed by atoms with Crippen molar-refractivity contribution in [1.82, 2.24) is 14.9 Å². The topological polar surface area (TPSA) is 83.4 Å². The maximum Gasteiger partial charge on any atom is 0.335 e. The highest BCUT2D eigenvalue weighted by Crippen LogP contribution is 2.29. The predicted octanol–water partition coefficient (Wildman–Crippen LogP) is 2.88. The lowest BCUT2D eigenvalue weighted by Gasteiger charge is -2.31. The number of carboxylic acids is 1. The summed E-state index contributed by atoms with van der Waals surface area (Å²) in [6.45, 7) is 4.93. The van der Waals surface area contributed by atoms with Gasteiger partial charge in [0.05, 0.1) is 11.3 Å². The first-order valence-electron chi connectivity index (χ1n) is 8.39. The Morgan fingerprint density at radius 2 is 1.88 bits per heavy atom. The lowest BCUT2D eigenvalue weighted by Crippen LogP contribution is -2.36. The van der Waals surface area contributed by atoms with E-state index < -0.39 is 5.97 Å². The number of aromatic carboxylic acids is 1. The summed E-state index contributed by atoms with van der Waals surface area (Å²) in [4.78, 5) is 33.6. The van der Waals surface area contributed by atoms with E-state index in [1.54, 1.807) is 25.1 Å². The minimum atomic E-state index is -0.954. The van der Waals surface area contributed by atoms with Gasteiger partial charge in [-0.1, -0.05) is 12.1 Å². The maximum absolute atomic E-state index is 11.5. The van der Waals surface area contributed by atoms with Crippen LogP contribution in [0.2, 0.25) is 0 Å². The van der Waals surface area contributed by atoms with Gasteiger partial charge >= 0.3 is 5.97 Å². The Morgan fingerprint density at radius 3 is 2.52 bits per heavy atom. The Balaban J connectivity index is 1.88. The fraction of sp³-hybridized carbons (Fsp3) is 0.368. The molecule has 0 atom stereocenters. The summed E-state index contributed by atoms with van der Waals surface area (Å²) in [5.74, 6) is 0.119. The number of benzene rings is 1. The van der Waals surface area contributed by atoms with E-state index in [4.69, 9.17) is 0 Å². The van der Waals surface area contributed by atoms with Gasteiger partial charge < -0.3 is 10.0 Å². The van der Waals surface area contributed by atoms with E-state index in [1.165, 1.54) is 0 Å². The van der Waals surface area contributed by atoms with E-state index in [0.29, 0.717) is 11.7 Å². The SMILES string of the molecule is CC(=O)N1CCC(c2cc(-c3cccc(C(=O)O)c3)nc(C)n2)CC1. The monoisotopic (exact) mass is 339 g/mol. The molecular weight excluding hydrogens is 318 g/mol. The molecule has 3 rings (SSSR count). The third kappa shape index (κ3) is 3.84. The second kappa shape index (κ2) is 7.01. The summed E-state index contributed by atoms with van der Waals surface area (Å²) in [5.41, 5.74) is 2.71. The summed E-state index contributed by atoms with van der Waals surface area (Å²) >= 11 is 0. The molecule has 0 radical (unpaired) electrons. The quantitative estimate of drug-likeness (QED) is 0.929. The van der Waals surface area contributed by atoms with Crippen LogP contribution in [0.3, 0.4) is 0 Å². The molecule has 130 valence electrons. The number of carbonyl (C=O) groups excluding carboxylic acids is 1.